The van der Waals surface area contributed by atoms with Gasteiger partial charge in [-0.1, -0.05) is 31.7 Å². The smallest absolute Gasteiger partial charge is 0.298 e. The van der Waals surface area contributed by atoms with Crippen LogP contribution in [-0.4, -0.2) is 29.5 Å². The van der Waals surface area contributed by atoms with Crippen LogP contribution in [0.25, 0.3) is 11.4 Å². The van der Waals surface area contributed by atoms with Crippen molar-refractivity contribution in [2.75, 3.05) is 0 Å². The number of thiophene rings is 1. The molecule has 0 aliphatic carbocycles. The lowest BCUT2D eigenvalue weighted by Gasteiger charge is -2.06. The van der Waals surface area contributed by atoms with E-state index in [1.54, 1.807) is 17.4 Å². The molecular weight excluding hydrogens is 372 g/mol. The molecule has 0 atom stereocenters. The molecule has 0 fully saturated rings. The Bertz CT molecular complexity index is 927. The molecule has 3 rings (SSSR count). The van der Waals surface area contributed by atoms with E-state index in [0.29, 0.717) is 18.3 Å². The summed E-state index contributed by atoms with van der Waals surface area (Å²) in [6, 6.07) is 2.14. The molecule has 8 nitrogen and oxygen atoms in total. The second-order valence-electron chi connectivity index (χ2n) is 5.87. The van der Waals surface area contributed by atoms with Crippen molar-refractivity contribution in [3.8, 4) is 11.4 Å². The summed E-state index contributed by atoms with van der Waals surface area (Å²) in [6.07, 6.45) is 4.43. The molecule has 26 heavy (non-hydrogen) atoms. The molecule has 0 aliphatic rings. The predicted octanol–water partition coefficient (Wildman–Crippen LogP) is 4.17. The topological polar surface area (TPSA) is 91.7 Å². The lowest BCUT2D eigenvalue weighted by molar-refractivity contribution is -0.385. The normalized spacial score (nSPS) is 11.2. The van der Waals surface area contributed by atoms with Gasteiger partial charge >= 0.3 is 5.69 Å². The van der Waals surface area contributed by atoms with Crippen molar-refractivity contribution in [1.82, 2.24) is 24.5 Å². The van der Waals surface area contributed by atoms with E-state index >= 15 is 0 Å². The molecule has 0 amide bonds. The summed E-state index contributed by atoms with van der Waals surface area (Å²) >= 11 is 3.13. The SMILES string of the molecule is C=CCn1c(SCn2cc([N+](=O)[O-])cn2)nnc1-c1csc(C(C)C)c1. The van der Waals surface area contributed by atoms with E-state index in [1.165, 1.54) is 33.7 Å². The van der Waals surface area contributed by atoms with E-state index in [0.717, 1.165) is 16.5 Å². The second kappa shape index (κ2) is 7.83. The fourth-order valence-corrected chi connectivity index (χ4v) is 4.02. The third kappa shape index (κ3) is 3.86. The Balaban J connectivity index is 1.81. The molecule has 0 unspecified atom stereocenters. The summed E-state index contributed by atoms with van der Waals surface area (Å²) in [5.74, 6) is 1.67. The first kappa shape index (κ1) is 18.3. The number of hydrogen-bond donors (Lipinski definition) is 0. The average molecular weight is 390 g/mol. The number of nitro groups is 1. The molecule has 136 valence electrons. The second-order valence-corrected chi connectivity index (χ2v) is 7.72. The number of aromatic nitrogens is 5. The largest absolute Gasteiger partial charge is 0.307 e. The van der Waals surface area contributed by atoms with Crippen LogP contribution in [0.1, 0.15) is 24.6 Å². The molecule has 0 saturated carbocycles. The summed E-state index contributed by atoms with van der Waals surface area (Å²) in [5.41, 5.74) is 1.01. The van der Waals surface area contributed by atoms with Gasteiger partial charge < -0.3 is 0 Å². The highest BCUT2D eigenvalue weighted by Crippen LogP contribution is 2.31. The Morgan fingerprint density at radius 1 is 1.46 bits per heavy atom. The van der Waals surface area contributed by atoms with E-state index < -0.39 is 4.92 Å². The average Bonchev–Trinajstić information content (AvgIpc) is 3.32. The Labute approximate surface area is 158 Å². The number of hydrogen-bond acceptors (Lipinski definition) is 7. The van der Waals surface area contributed by atoms with Crippen molar-refractivity contribution in [2.45, 2.75) is 37.3 Å². The summed E-state index contributed by atoms with van der Waals surface area (Å²) in [4.78, 5) is 11.6. The zero-order valence-electron chi connectivity index (χ0n) is 14.4. The molecular formula is C16H18N6O2S2. The third-order valence-corrected chi connectivity index (χ3v) is 5.82. The van der Waals surface area contributed by atoms with Gasteiger partial charge in [0.15, 0.2) is 11.0 Å². The van der Waals surface area contributed by atoms with Crippen molar-refractivity contribution in [1.29, 1.82) is 0 Å². The molecule has 3 aromatic heterocycles. The van der Waals surface area contributed by atoms with Crippen LogP contribution in [0.15, 0.2) is 41.7 Å². The molecule has 0 N–H and O–H groups in total. The maximum absolute atomic E-state index is 10.7. The quantitative estimate of drug-likeness (QED) is 0.248. The Morgan fingerprint density at radius 3 is 2.88 bits per heavy atom. The summed E-state index contributed by atoms with van der Waals surface area (Å²) < 4.78 is 3.50. The zero-order valence-corrected chi connectivity index (χ0v) is 16.0. The van der Waals surface area contributed by atoms with Crippen LogP contribution >= 0.6 is 23.1 Å². The molecule has 3 aromatic rings. The lowest BCUT2D eigenvalue weighted by atomic mass is 10.1. The van der Waals surface area contributed by atoms with Crippen LogP contribution < -0.4 is 0 Å². The highest BCUT2D eigenvalue weighted by Gasteiger charge is 2.16. The van der Waals surface area contributed by atoms with Crippen LogP contribution in [0.3, 0.4) is 0 Å². The van der Waals surface area contributed by atoms with Crippen molar-refractivity contribution in [2.24, 2.45) is 0 Å². The van der Waals surface area contributed by atoms with Crippen LogP contribution in [0.5, 0.6) is 0 Å². The van der Waals surface area contributed by atoms with Crippen LogP contribution in [0.4, 0.5) is 5.69 Å². The Hall–Kier alpha value is -2.46. The zero-order chi connectivity index (χ0) is 18.7. The van der Waals surface area contributed by atoms with E-state index in [2.05, 4.69) is 47.2 Å². The van der Waals surface area contributed by atoms with Crippen LogP contribution in [-0.2, 0) is 12.4 Å². The fraction of sp³-hybridized carbons (Fsp3) is 0.312. The molecule has 0 bridgehead atoms. The van der Waals surface area contributed by atoms with Crippen LogP contribution in [0, 0.1) is 10.1 Å². The minimum atomic E-state index is -0.463. The summed E-state index contributed by atoms with van der Waals surface area (Å²) in [6.45, 7) is 8.71. The van der Waals surface area contributed by atoms with Crippen molar-refractivity contribution < 1.29 is 4.92 Å². The molecule has 10 heteroatoms. The first-order chi connectivity index (χ1) is 12.5. The van der Waals surface area contributed by atoms with Crippen LogP contribution in [0.2, 0.25) is 0 Å². The third-order valence-electron chi connectivity index (χ3n) is 3.63. The van der Waals surface area contributed by atoms with Gasteiger partial charge in [0.25, 0.3) is 0 Å². The van der Waals surface area contributed by atoms with Gasteiger partial charge in [-0.15, -0.1) is 28.1 Å². The number of rotatable bonds is 8. The van der Waals surface area contributed by atoms with Gasteiger partial charge in [0.05, 0.1) is 10.8 Å². The minimum Gasteiger partial charge on any atom is -0.298 e. The summed E-state index contributed by atoms with van der Waals surface area (Å²) in [7, 11) is 0. The Kier molecular flexibility index (Phi) is 5.52. The van der Waals surface area contributed by atoms with E-state index in [4.69, 9.17) is 0 Å². The number of allylic oxidation sites excluding steroid dienone is 1. The Morgan fingerprint density at radius 2 is 2.27 bits per heavy atom. The molecule has 0 spiro atoms. The van der Waals surface area contributed by atoms with E-state index in [-0.39, 0.29) is 5.69 Å². The highest BCUT2D eigenvalue weighted by molar-refractivity contribution is 7.98. The standard InChI is InChI=1S/C16H18N6O2S2/c1-4-5-21-15(12-6-14(11(2)3)25-9-12)18-19-16(21)26-10-20-8-13(7-17-20)22(23)24/h4,6-9,11H,1,5,10H2,2-3H3. The maximum Gasteiger partial charge on any atom is 0.307 e. The minimum absolute atomic E-state index is 0.0293. The van der Waals surface area contributed by atoms with Gasteiger partial charge in [-0.3, -0.25) is 19.4 Å². The van der Waals surface area contributed by atoms with Crippen molar-refractivity contribution in [3.63, 3.8) is 0 Å². The highest BCUT2D eigenvalue weighted by atomic mass is 32.2. The van der Waals surface area contributed by atoms with Gasteiger partial charge in [-0.05, 0) is 12.0 Å². The molecule has 0 aromatic carbocycles. The maximum atomic E-state index is 10.7. The first-order valence-electron chi connectivity index (χ1n) is 7.92. The van der Waals surface area contributed by atoms with E-state index in [9.17, 15) is 10.1 Å². The molecule has 3 heterocycles. The summed E-state index contributed by atoms with van der Waals surface area (Å²) in [5, 5.41) is 26.2. The monoisotopic (exact) mass is 390 g/mol. The molecule has 0 aliphatic heterocycles. The molecule has 0 saturated heterocycles. The predicted molar refractivity (Wildman–Crippen MR) is 102 cm³/mol. The van der Waals surface area contributed by atoms with Crippen molar-refractivity contribution in [3.05, 3.63) is 51.5 Å². The van der Waals surface area contributed by atoms with Crippen molar-refractivity contribution >= 4 is 28.8 Å². The van der Waals surface area contributed by atoms with Gasteiger partial charge in [-0.25, -0.2) is 0 Å². The van der Waals surface area contributed by atoms with Gasteiger partial charge in [0.1, 0.15) is 12.4 Å². The fourth-order valence-electron chi connectivity index (χ4n) is 2.32. The first-order valence-corrected chi connectivity index (χ1v) is 9.78. The van der Waals surface area contributed by atoms with Gasteiger partial charge in [0, 0.05) is 22.4 Å². The van der Waals surface area contributed by atoms with E-state index in [1.807, 2.05) is 4.57 Å². The molecule has 0 radical (unpaired) electrons. The van der Waals surface area contributed by atoms with Gasteiger partial charge in [0.2, 0.25) is 0 Å². The lowest BCUT2D eigenvalue weighted by Crippen LogP contribution is -2.02. The van der Waals surface area contributed by atoms with Gasteiger partial charge in [-0.2, -0.15) is 5.10 Å². The number of nitrogens with zero attached hydrogens (tertiary/aromatic N) is 6. The number of thioether (sulfide) groups is 1.